The van der Waals surface area contributed by atoms with E-state index < -0.39 is 30.2 Å². The highest BCUT2D eigenvalue weighted by molar-refractivity contribution is 6.00. The molecule has 5 rings (SSSR count). The Labute approximate surface area is 225 Å². The standard InChI is InChI=1S/C29H30FN3O6/c1-37-24-9-5-2-6-17(24)15-31-27(35)14-19-13-21-20-12-18(10-11-25(20)39-28(21)26(16-34)38-19)32-29(36)33-23-8-4-3-7-22(23)30/h2-12,19,21,26,28,34H,13-16H2,1H3,(H,31,35)(H2,32,33,36)/t19-,21-,26-,28+/m0/s1. The maximum Gasteiger partial charge on any atom is 0.323 e. The lowest BCUT2D eigenvalue weighted by Crippen LogP contribution is -2.47. The quantitative estimate of drug-likeness (QED) is 0.344. The SMILES string of the molecule is COc1ccccc1CNC(=O)C[C@@H]1C[C@H]2c3cc(NC(=O)Nc4ccccc4F)ccc3O[C@H]2[C@H](CO)O1. The van der Waals surface area contributed by atoms with Gasteiger partial charge in [0.2, 0.25) is 5.91 Å². The topological polar surface area (TPSA) is 118 Å². The minimum atomic E-state index is -0.607. The number of rotatable bonds is 8. The zero-order valence-corrected chi connectivity index (χ0v) is 21.4. The zero-order chi connectivity index (χ0) is 27.4. The van der Waals surface area contributed by atoms with Crippen LogP contribution in [-0.2, 0) is 16.1 Å². The zero-order valence-electron chi connectivity index (χ0n) is 21.4. The van der Waals surface area contributed by atoms with Crippen molar-refractivity contribution in [2.45, 2.75) is 43.6 Å². The fraction of sp³-hybridized carbons (Fsp3) is 0.310. The summed E-state index contributed by atoms with van der Waals surface area (Å²) in [4.78, 5) is 25.2. The normalized spacial score (nSPS) is 21.2. The Balaban J connectivity index is 1.24. The van der Waals surface area contributed by atoms with Crippen LogP contribution in [-0.4, -0.2) is 49.1 Å². The molecule has 1 fully saturated rings. The molecule has 2 heterocycles. The molecule has 3 aromatic carbocycles. The molecule has 4 atom stereocenters. The summed E-state index contributed by atoms with van der Waals surface area (Å²) in [6.07, 6.45) is -0.838. The number of benzene rings is 3. The van der Waals surface area contributed by atoms with Gasteiger partial charge in [0.05, 0.1) is 31.9 Å². The molecule has 10 heteroatoms. The third-order valence-electron chi connectivity index (χ3n) is 6.96. The molecule has 9 nitrogen and oxygen atoms in total. The maximum atomic E-state index is 13.9. The summed E-state index contributed by atoms with van der Waals surface area (Å²) < 4.78 is 31.4. The van der Waals surface area contributed by atoms with Crippen molar-refractivity contribution >= 4 is 23.3 Å². The molecular weight excluding hydrogens is 505 g/mol. The largest absolute Gasteiger partial charge is 0.496 e. The van der Waals surface area contributed by atoms with E-state index in [2.05, 4.69) is 16.0 Å². The lowest BCUT2D eigenvalue weighted by Gasteiger charge is -2.37. The lowest BCUT2D eigenvalue weighted by atomic mass is 9.84. The Kier molecular flexibility index (Phi) is 7.94. The molecule has 0 aromatic heterocycles. The van der Waals surface area contributed by atoms with E-state index in [1.54, 1.807) is 37.4 Å². The van der Waals surface area contributed by atoms with Crippen LogP contribution in [0, 0.1) is 5.82 Å². The molecule has 2 aliphatic heterocycles. The van der Waals surface area contributed by atoms with Gasteiger partial charge in [-0.3, -0.25) is 4.79 Å². The van der Waals surface area contributed by atoms with Gasteiger partial charge in [-0.15, -0.1) is 0 Å². The summed E-state index contributed by atoms with van der Waals surface area (Å²) in [6, 6.07) is 18.0. The van der Waals surface area contributed by atoms with Crippen LogP contribution in [0.3, 0.4) is 0 Å². The second kappa shape index (κ2) is 11.7. The van der Waals surface area contributed by atoms with Gasteiger partial charge in [0.25, 0.3) is 0 Å². The predicted molar refractivity (Wildman–Crippen MR) is 142 cm³/mol. The van der Waals surface area contributed by atoms with E-state index in [-0.39, 0.29) is 30.5 Å². The molecule has 0 bridgehead atoms. The predicted octanol–water partition coefficient (Wildman–Crippen LogP) is 4.18. The number of para-hydroxylation sites is 2. The van der Waals surface area contributed by atoms with Gasteiger partial charge in [0.1, 0.15) is 29.5 Å². The van der Waals surface area contributed by atoms with E-state index in [0.29, 0.717) is 30.2 Å². The molecule has 0 unspecified atom stereocenters. The number of fused-ring (bicyclic) bond motifs is 3. The molecule has 0 aliphatic carbocycles. The molecule has 204 valence electrons. The second-order valence-corrected chi connectivity index (χ2v) is 9.51. The number of amides is 3. The Hall–Kier alpha value is -4.15. The van der Waals surface area contributed by atoms with Crippen molar-refractivity contribution in [1.82, 2.24) is 5.32 Å². The number of aliphatic hydroxyl groups excluding tert-OH is 1. The van der Waals surface area contributed by atoms with Crippen molar-refractivity contribution < 1.29 is 33.3 Å². The number of nitrogens with one attached hydrogen (secondary N) is 3. The summed E-state index contributed by atoms with van der Waals surface area (Å²) in [7, 11) is 1.58. The van der Waals surface area contributed by atoms with Crippen LogP contribution in [0.4, 0.5) is 20.6 Å². The Morgan fingerprint density at radius 1 is 1.08 bits per heavy atom. The summed E-state index contributed by atoms with van der Waals surface area (Å²) in [5, 5.41) is 18.1. The third kappa shape index (κ3) is 5.97. The number of anilines is 2. The highest BCUT2D eigenvalue weighted by atomic mass is 19.1. The molecule has 4 N–H and O–H groups in total. The lowest BCUT2D eigenvalue weighted by molar-refractivity contribution is -0.142. The fourth-order valence-corrected chi connectivity index (χ4v) is 5.14. The van der Waals surface area contributed by atoms with Gasteiger partial charge in [-0.1, -0.05) is 30.3 Å². The van der Waals surface area contributed by atoms with E-state index in [1.165, 1.54) is 12.1 Å². The molecule has 3 aromatic rings. The number of halogens is 1. The Morgan fingerprint density at radius 3 is 2.67 bits per heavy atom. The number of carbonyl (C=O) groups excluding carboxylic acids is 2. The average Bonchev–Trinajstić information content (AvgIpc) is 3.30. The Morgan fingerprint density at radius 2 is 1.87 bits per heavy atom. The second-order valence-electron chi connectivity index (χ2n) is 9.51. The summed E-state index contributed by atoms with van der Waals surface area (Å²) >= 11 is 0. The molecule has 2 aliphatic rings. The number of aliphatic hydroxyl groups is 1. The highest BCUT2D eigenvalue weighted by Gasteiger charge is 2.46. The van der Waals surface area contributed by atoms with Crippen molar-refractivity contribution in [1.29, 1.82) is 0 Å². The molecular formula is C29H30FN3O6. The average molecular weight is 536 g/mol. The van der Waals surface area contributed by atoms with Gasteiger partial charge in [0, 0.05) is 29.3 Å². The Bertz CT molecular complexity index is 1350. The number of urea groups is 1. The van der Waals surface area contributed by atoms with Crippen molar-refractivity contribution in [2.24, 2.45) is 0 Å². The minimum absolute atomic E-state index is 0.0709. The van der Waals surface area contributed by atoms with Crippen molar-refractivity contribution in [3.05, 3.63) is 83.7 Å². The summed E-state index contributed by atoms with van der Waals surface area (Å²) in [5.41, 5.74) is 2.29. The minimum Gasteiger partial charge on any atom is -0.496 e. The summed E-state index contributed by atoms with van der Waals surface area (Å²) in [6.45, 7) is 0.0611. The van der Waals surface area contributed by atoms with Crippen LogP contribution in [0.5, 0.6) is 11.5 Å². The number of hydrogen-bond donors (Lipinski definition) is 4. The molecule has 0 saturated carbocycles. The van der Waals surface area contributed by atoms with E-state index >= 15 is 0 Å². The first-order chi connectivity index (χ1) is 18.9. The van der Waals surface area contributed by atoms with Gasteiger partial charge < -0.3 is 35.3 Å². The number of methoxy groups -OCH3 is 1. The van der Waals surface area contributed by atoms with Crippen molar-refractivity contribution in [3.63, 3.8) is 0 Å². The van der Waals surface area contributed by atoms with Gasteiger partial charge in [-0.05, 0) is 42.8 Å². The van der Waals surface area contributed by atoms with E-state index in [4.69, 9.17) is 14.2 Å². The monoisotopic (exact) mass is 535 g/mol. The third-order valence-corrected chi connectivity index (χ3v) is 6.96. The van der Waals surface area contributed by atoms with Gasteiger partial charge >= 0.3 is 6.03 Å². The van der Waals surface area contributed by atoms with Crippen LogP contribution >= 0.6 is 0 Å². The van der Waals surface area contributed by atoms with E-state index in [9.17, 15) is 19.1 Å². The molecule has 1 saturated heterocycles. The molecule has 39 heavy (non-hydrogen) atoms. The van der Waals surface area contributed by atoms with Crippen LogP contribution in [0.2, 0.25) is 0 Å². The van der Waals surface area contributed by atoms with E-state index in [1.807, 2.05) is 24.3 Å². The van der Waals surface area contributed by atoms with Crippen LogP contribution < -0.4 is 25.4 Å². The number of ether oxygens (including phenoxy) is 3. The molecule has 0 radical (unpaired) electrons. The van der Waals surface area contributed by atoms with E-state index in [0.717, 1.165) is 11.1 Å². The maximum absolute atomic E-state index is 13.9. The first kappa shape index (κ1) is 26.5. The smallest absolute Gasteiger partial charge is 0.323 e. The highest BCUT2D eigenvalue weighted by Crippen LogP contribution is 2.47. The summed E-state index contributed by atoms with van der Waals surface area (Å²) in [5.74, 6) is 0.470. The fourth-order valence-electron chi connectivity index (χ4n) is 5.14. The first-order valence-electron chi connectivity index (χ1n) is 12.7. The van der Waals surface area contributed by atoms with Gasteiger partial charge in [-0.25, -0.2) is 9.18 Å². The van der Waals surface area contributed by atoms with Gasteiger partial charge in [0.15, 0.2) is 0 Å². The van der Waals surface area contributed by atoms with Crippen molar-refractivity contribution in [3.8, 4) is 11.5 Å². The number of carbonyl (C=O) groups is 2. The van der Waals surface area contributed by atoms with Crippen molar-refractivity contribution in [2.75, 3.05) is 24.4 Å². The van der Waals surface area contributed by atoms with Crippen LogP contribution in [0.15, 0.2) is 66.7 Å². The molecule has 3 amide bonds. The number of hydrogen-bond acceptors (Lipinski definition) is 6. The van der Waals surface area contributed by atoms with Crippen LogP contribution in [0.1, 0.15) is 29.9 Å². The first-order valence-corrected chi connectivity index (χ1v) is 12.7. The molecule has 0 spiro atoms. The van der Waals surface area contributed by atoms with Gasteiger partial charge in [-0.2, -0.15) is 0 Å². The van der Waals surface area contributed by atoms with Crippen LogP contribution in [0.25, 0.3) is 0 Å².